The minimum atomic E-state index is -1.93. The highest BCUT2D eigenvalue weighted by Gasteiger charge is 2.44. The van der Waals surface area contributed by atoms with Gasteiger partial charge in [-0.05, 0) is 65.7 Å². The summed E-state index contributed by atoms with van der Waals surface area (Å²) >= 11 is 0. The highest BCUT2D eigenvalue weighted by molar-refractivity contribution is 6.74. The lowest BCUT2D eigenvalue weighted by atomic mass is 9.66. The quantitative estimate of drug-likeness (QED) is 0.465. The first-order valence-corrected chi connectivity index (χ1v) is 12.3. The van der Waals surface area contributed by atoms with E-state index in [9.17, 15) is 9.18 Å². The number of hydrogen-bond acceptors (Lipinski definition) is 2. The van der Waals surface area contributed by atoms with Gasteiger partial charge < -0.3 is 9.22 Å². The van der Waals surface area contributed by atoms with E-state index in [-0.39, 0.29) is 28.3 Å². The number of carbonyl (C=O) groups is 1. The fourth-order valence-corrected chi connectivity index (χ4v) is 4.68. The number of aryl methyl sites for hydroxylation is 1. The highest BCUT2D eigenvalue weighted by atomic mass is 28.4. The summed E-state index contributed by atoms with van der Waals surface area (Å²) in [5.74, 6) is -0.437. The van der Waals surface area contributed by atoms with E-state index in [2.05, 4.69) is 53.8 Å². The van der Waals surface area contributed by atoms with Crippen molar-refractivity contribution in [3.8, 4) is 0 Å². The van der Waals surface area contributed by atoms with Gasteiger partial charge >= 0.3 is 0 Å². The molecule has 0 N–H and O–H groups in total. The summed E-state index contributed by atoms with van der Waals surface area (Å²) in [4.78, 5) is 11.9. The molecule has 0 aliphatic heterocycles. The molecule has 0 fully saturated rings. The third-order valence-electron chi connectivity index (χ3n) is 6.15. The Labute approximate surface area is 159 Å². The Bertz CT molecular complexity index is 713. The van der Waals surface area contributed by atoms with Gasteiger partial charge in [-0.3, -0.25) is 0 Å². The van der Waals surface area contributed by atoms with E-state index in [1.54, 1.807) is 13.0 Å². The van der Waals surface area contributed by atoms with Gasteiger partial charge in [0.1, 0.15) is 12.1 Å². The average molecular weight is 377 g/mol. The zero-order valence-electron chi connectivity index (χ0n) is 17.4. The summed E-state index contributed by atoms with van der Waals surface area (Å²) in [7, 11) is -1.93. The maximum absolute atomic E-state index is 13.7. The van der Waals surface area contributed by atoms with Gasteiger partial charge in [0.05, 0.1) is 6.10 Å². The van der Waals surface area contributed by atoms with Crippen LogP contribution >= 0.6 is 0 Å². The Hall–Kier alpha value is -1.26. The monoisotopic (exact) mass is 376 g/mol. The molecule has 0 amide bonds. The Morgan fingerprint density at radius 1 is 1.27 bits per heavy atom. The number of benzene rings is 1. The molecular formula is C22H33FO2Si. The summed E-state index contributed by atoms with van der Waals surface area (Å²) in [5, 5.41) is 0.124. The third kappa shape index (κ3) is 4.17. The SMILES string of the molecule is Cc1cc(C2=CC(O[Si](C)(C)C(C)(C)C)CC(C)(C)C2C=O)ccc1F. The second kappa shape index (κ2) is 7.04. The predicted octanol–water partition coefficient (Wildman–Crippen LogP) is 6.15. The lowest BCUT2D eigenvalue weighted by Crippen LogP contribution is -2.46. The molecule has 26 heavy (non-hydrogen) atoms. The van der Waals surface area contributed by atoms with Crippen LogP contribution in [0, 0.1) is 24.1 Å². The number of allylic oxidation sites excluding steroid dienone is 1. The van der Waals surface area contributed by atoms with Crippen molar-refractivity contribution in [2.45, 2.75) is 72.2 Å². The van der Waals surface area contributed by atoms with Crippen LogP contribution in [0.4, 0.5) is 4.39 Å². The molecule has 0 aromatic heterocycles. The van der Waals surface area contributed by atoms with E-state index < -0.39 is 8.32 Å². The third-order valence-corrected chi connectivity index (χ3v) is 10.7. The first kappa shape index (κ1) is 21.0. The van der Waals surface area contributed by atoms with Crippen molar-refractivity contribution in [2.24, 2.45) is 11.3 Å². The summed E-state index contributed by atoms with van der Waals surface area (Å²) in [5.41, 5.74) is 2.26. The zero-order valence-corrected chi connectivity index (χ0v) is 18.4. The second-order valence-electron chi connectivity index (χ2n) is 9.81. The van der Waals surface area contributed by atoms with Gasteiger partial charge in [0.2, 0.25) is 0 Å². The van der Waals surface area contributed by atoms with Crippen LogP contribution in [0.3, 0.4) is 0 Å². The predicted molar refractivity (Wildman–Crippen MR) is 109 cm³/mol. The van der Waals surface area contributed by atoms with Crippen molar-refractivity contribution < 1.29 is 13.6 Å². The Kier molecular flexibility index (Phi) is 5.70. The van der Waals surface area contributed by atoms with Crippen molar-refractivity contribution in [2.75, 3.05) is 0 Å². The number of carbonyl (C=O) groups excluding carboxylic acids is 1. The second-order valence-corrected chi connectivity index (χ2v) is 14.6. The summed E-state index contributed by atoms with van der Waals surface area (Å²) < 4.78 is 20.4. The molecule has 0 heterocycles. The molecule has 0 spiro atoms. The number of aldehydes is 1. The van der Waals surface area contributed by atoms with Gasteiger partial charge in [0, 0.05) is 5.92 Å². The van der Waals surface area contributed by atoms with Crippen LogP contribution in [0.2, 0.25) is 18.1 Å². The van der Waals surface area contributed by atoms with Gasteiger partial charge in [-0.1, -0.05) is 46.8 Å². The maximum Gasteiger partial charge on any atom is 0.192 e. The van der Waals surface area contributed by atoms with Crippen molar-refractivity contribution in [3.63, 3.8) is 0 Å². The van der Waals surface area contributed by atoms with Crippen LogP contribution in [-0.2, 0) is 9.22 Å². The molecule has 144 valence electrons. The highest BCUT2D eigenvalue weighted by Crippen LogP contribution is 2.47. The summed E-state index contributed by atoms with van der Waals surface area (Å²) in [6.45, 7) is 17.2. The molecule has 1 aliphatic carbocycles. The van der Waals surface area contributed by atoms with Crippen LogP contribution in [0.15, 0.2) is 24.3 Å². The van der Waals surface area contributed by atoms with E-state index >= 15 is 0 Å². The molecule has 1 aromatic rings. The van der Waals surface area contributed by atoms with Crippen molar-refractivity contribution in [1.82, 2.24) is 0 Å². The van der Waals surface area contributed by atoms with Crippen LogP contribution in [-0.4, -0.2) is 20.7 Å². The van der Waals surface area contributed by atoms with Gasteiger partial charge in [-0.2, -0.15) is 0 Å². The largest absolute Gasteiger partial charge is 0.411 e. The molecule has 2 unspecified atom stereocenters. The molecule has 2 atom stereocenters. The first-order chi connectivity index (χ1) is 11.8. The molecule has 0 radical (unpaired) electrons. The fraction of sp³-hybridized carbons (Fsp3) is 0.591. The lowest BCUT2D eigenvalue weighted by molar-refractivity contribution is -0.112. The minimum absolute atomic E-state index is 0.0255. The standard InChI is InChI=1S/C22H33FO2Si/c1-15-11-16(9-10-20(15)23)18-12-17(13-22(5,6)19(18)14-24)25-26(7,8)21(2,3)4/h9-12,14,17,19H,13H2,1-8H3. The first-order valence-electron chi connectivity index (χ1n) is 9.40. The maximum atomic E-state index is 13.7. The Morgan fingerprint density at radius 3 is 2.38 bits per heavy atom. The van der Waals surface area contributed by atoms with E-state index in [0.717, 1.165) is 23.8 Å². The molecule has 1 aromatic carbocycles. The smallest absolute Gasteiger partial charge is 0.192 e. The molecule has 2 rings (SSSR count). The van der Waals surface area contributed by atoms with Gasteiger partial charge in [-0.15, -0.1) is 0 Å². The summed E-state index contributed by atoms with van der Waals surface area (Å²) in [6, 6.07) is 5.09. The van der Waals surface area contributed by atoms with E-state index in [4.69, 9.17) is 4.43 Å². The number of halogens is 1. The normalized spacial score (nSPS) is 23.5. The molecular weight excluding hydrogens is 343 g/mol. The molecule has 2 nitrogen and oxygen atoms in total. The Morgan fingerprint density at radius 2 is 1.88 bits per heavy atom. The van der Waals surface area contributed by atoms with Crippen LogP contribution in [0.5, 0.6) is 0 Å². The minimum Gasteiger partial charge on any atom is -0.411 e. The lowest BCUT2D eigenvalue weighted by Gasteiger charge is -2.44. The van der Waals surface area contributed by atoms with E-state index in [1.807, 2.05) is 6.07 Å². The molecule has 1 aliphatic rings. The van der Waals surface area contributed by atoms with E-state index in [1.165, 1.54) is 6.07 Å². The van der Waals surface area contributed by atoms with Gasteiger partial charge in [0.25, 0.3) is 0 Å². The van der Waals surface area contributed by atoms with Crippen molar-refractivity contribution in [1.29, 1.82) is 0 Å². The van der Waals surface area contributed by atoms with Gasteiger partial charge in [0.15, 0.2) is 8.32 Å². The Balaban J connectivity index is 2.49. The van der Waals surface area contributed by atoms with Crippen LogP contribution in [0.1, 0.15) is 52.2 Å². The average Bonchev–Trinajstić information content (AvgIpc) is 2.47. The molecule has 0 bridgehead atoms. The number of rotatable bonds is 4. The van der Waals surface area contributed by atoms with Gasteiger partial charge in [-0.25, -0.2) is 4.39 Å². The zero-order chi connectivity index (χ0) is 19.9. The topological polar surface area (TPSA) is 26.3 Å². The van der Waals surface area contributed by atoms with Crippen LogP contribution < -0.4 is 0 Å². The molecule has 4 heteroatoms. The molecule has 0 saturated heterocycles. The fourth-order valence-electron chi connectivity index (χ4n) is 3.42. The van der Waals surface area contributed by atoms with Crippen molar-refractivity contribution >= 4 is 20.2 Å². The van der Waals surface area contributed by atoms with E-state index in [0.29, 0.717) is 5.56 Å². The number of hydrogen-bond donors (Lipinski definition) is 0. The molecule has 0 saturated carbocycles. The van der Waals surface area contributed by atoms with Crippen LogP contribution in [0.25, 0.3) is 5.57 Å². The van der Waals surface area contributed by atoms with Crippen molar-refractivity contribution in [3.05, 3.63) is 41.2 Å². The summed E-state index contributed by atoms with van der Waals surface area (Å²) in [6.07, 6.45) is 3.93.